The maximum atomic E-state index is 13.2. The van der Waals surface area contributed by atoms with Crippen LogP contribution in [0, 0.1) is 15.9 Å². The summed E-state index contributed by atoms with van der Waals surface area (Å²) in [5.41, 5.74) is 0.449. The van der Waals surface area contributed by atoms with Gasteiger partial charge in [0.25, 0.3) is 5.69 Å². The Labute approximate surface area is 112 Å². The first-order valence-corrected chi connectivity index (χ1v) is 5.51. The van der Waals surface area contributed by atoms with Gasteiger partial charge in [-0.05, 0) is 30.3 Å². The van der Waals surface area contributed by atoms with Crippen molar-refractivity contribution in [2.45, 2.75) is 0 Å². The first-order chi connectivity index (χ1) is 9.45. The van der Waals surface area contributed by atoms with E-state index in [1.54, 1.807) is 0 Å². The topological polar surface area (TPSA) is 92.5 Å². The van der Waals surface area contributed by atoms with Crippen LogP contribution >= 0.6 is 0 Å². The van der Waals surface area contributed by atoms with Crippen LogP contribution in [0.15, 0.2) is 42.5 Å². The lowest BCUT2D eigenvalue weighted by Crippen LogP contribution is -1.97. The molecule has 102 valence electrons. The largest absolute Gasteiger partial charge is 0.478 e. The summed E-state index contributed by atoms with van der Waals surface area (Å²) in [5, 5.41) is 22.1. The molecule has 0 bridgehead atoms. The van der Waals surface area contributed by atoms with E-state index in [4.69, 9.17) is 5.11 Å². The Morgan fingerprint density at radius 1 is 1.15 bits per heavy atom. The maximum absolute atomic E-state index is 13.2. The average molecular weight is 276 g/mol. The Balaban J connectivity index is 2.25. The van der Waals surface area contributed by atoms with Gasteiger partial charge in [-0.2, -0.15) is 0 Å². The van der Waals surface area contributed by atoms with Crippen LogP contribution < -0.4 is 5.32 Å². The number of anilines is 2. The van der Waals surface area contributed by atoms with Crippen molar-refractivity contribution in [1.82, 2.24) is 0 Å². The molecule has 0 heterocycles. The quantitative estimate of drug-likeness (QED) is 0.660. The third kappa shape index (κ3) is 3.08. The molecule has 0 saturated carbocycles. The van der Waals surface area contributed by atoms with E-state index in [9.17, 15) is 19.3 Å². The van der Waals surface area contributed by atoms with E-state index >= 15 is 0 Å². The molecule has 7 heteroatoms. The maximum Gasteiger partial charge on any atom is 0.335 e. The second-order valence-corrected chi connectivity index (χ2v) is 3.96. The molecule has 2 aromatic carbocycles. The fourth-order valence-electron chi connectivity index (χ4n) is 1.61. The lowest BCUT2D eigenvalue weighted by atomic mass is 10.2. The molecule has 0 radical (unpaired) electrons. The first-order valence-electron chi connectivity index (χ1n) is 5.51. The van der Waals surface area contributed by atoms with Crippen molar-refractivity contribution in [3.63, 3.8) is 0 Å². The molecule has 2 aromatic rings. The van der Waals surface area contributed by atoms with Crippen LogP contribution in [0.5, 0.6) is 0 Å². The van der Waals surface area contributed by atoms with Crippen LogP contribution in [0.25, 0.3) is 0 Å². The van der Waals surface area contributed by atoms with Crippen molar-refractivity contribution in [3.8, 4) is 0 Å². The second kappa shape index (κ2) is 5.35. The van der Waals surface area contributed by atoms with E-state index in [2.05, 4.69) is 5.32 Å². The summed E-state index contributed by atoms with van der Waals surface area (Å²) in [7, 11) is 0. The lowest BCUT2D eigenvalue weighted by molar-refractivity contribution is -0.385. The Morgan fingerprint density at radius 3 is 2.35 bits per heavy atom. The third-order valence-corrected chi connectivity index (χ3v) is 2.51. The number of carboxylic acid groups (broad SMARTS) is 1. The minimum absolute atomic E-state index is 0.112. The van der Waals surface area contributed by atoms with Crippen molar-refractivity contribution >= 4 is 23.0 Å². The molecular weight excluding hydrogens is 267 g/mol. The normalized spacial score (nSPS) is 10.1. The molecule has 0 spiro atoms. The van der Waals surface area contributed by atoms with Gasteiger partial charge in [-0.15, -0.1) is 0 Å². The fourth-order valence-corrected chi connectivity index (χ4v) is 1.61. The first kappa shape index (κ1) is 13.5. The standard InChI is InChI=1S/C13H9FN2O4/c14-9-5-11(7-12(6-9)16(19)20)15-10-3-1-8(2-4-10)13(17)18/h1-7,15H,(H,17,18). The summed E-state index contributed by atoms with van der Waals surface area (Å²) >= 11 is 0. The van der Waals surface area contributed by atoms with Crippen LogP contribution in [0.3, 0.4) is 0 Å². The van der Waals surface area contributed by atoms with Gasteiger partial charge in [0.1, 0.15) is 5.82 Å². The second-order valence-electron chi connectivity index (χ2n) is 3.96. The molecule has 0 amide bonds. The monoisotopic (exact) mass is 276 g/mol. The summed E-state index contributed by atoms with van der Waals surface area (Å²) in [6, 6.07) is 8.84. The van der Waals surface area contributed by atoms with Crippen LogP contribution in [0.2, 0.25) is 0 Å². The number of hydrogen-bond donors (Lipinski definition) is 2. The summed E-state index contributed by atoms with van der Waals surface area (Å²) in [4.78, 5) is 20.6. The average Bonchev–Trinajstić information content (AvgIpc) is 2.38. The number of nitrogens with one attached hydrogen (secondary N) is 1. The molecule has 0 fully saturated rings. The molecule has 20 heavy (non-hydrogen) atoms. The van der Waals surface area contributed by atoms with Crippen molar-refractivity contribution in [3.05, 3.63) is 64.0 Å². The van der Waals surface area contributed by atoms with E-state index in [1.807, 2.05) is 0 Å². The van der Waals surface area contributed by atoms with Crippen molar-refractivity contribution < 1.29 is 19.2 Å². The van der Waals surface area contributed by atoms with Gasteiger partial charge < -0.3 is 10.4 Å². The van der Waals surface area contributed by atoms with E-state index in [0.29, 0.717) is 5.69 Å². The summed E-state index contributed by atoms with van der Waals surface area (Å²) in [6.07, 6.45) is 0. The van der Waals surface area contributed by atoms with Crippen LogP contribution in [0.1, 0.15) is 10.4 Å². The van der Waals surface area contributed by atoms with Gasteiger partial charge in [0, 0.05) is 17.4 Å². The van der Waals surface area contributed by atoms with Gasteiger partial charge >= 0.3 is 5.97 Å². The number of nitro benzene ring substituents is 1. The molecule has 0 unspecified atom stereocenters. The molecule has 2 N–H and O–H groups in total. The van der Waals surface area contributed by atoms with E-state index in [-0.39, 0.29) is 16.9 Å². The summed E-state index contributed by atoms with van der Waals surface area (Å²) < 4.78 is 13.2. The van der Waals surface area contributed by atoms with Crippen molar-refractivity contribution in [2.75, 3.05) is 5.32 Å². The number of carbonyl (C=O) groups is 1. The summed E-state index contributed by atoms with van der Waals surface area (Å²) in [6.45, 7) is 0. The predicted octanol–water partition coefficient (Wildman–Crippen LogP) is 3.18. The highest BCUT2D eigenvalue weighted by atomic mass is 19.1. The molecule has 6 nitrogen and oxygen atoms in total. The van der Waals surface area contributed by atoms with E-state index in [0.717, 1.165) is 12.1 Å². The fraction of sp³-hybridized carbons (Fsp3) is 0. The Morgan fingerprint density at radius 2 is 1.80 bits per heavy atom. The van der Waals surface area contributed by atoms with Crippen molar-refractivity contribution in [1.29, 1.82) is 0 Å². The van der Waals surface area contributed by atoms with Gasteiger partial charge in [0.15, 0.2) is 0 Å². The number of hydrogen-bond acceptors (Lipinski definition) is 4. The third-order valence-electron chi connectivity index (χ3n) is 2.51. The number of nitrogens with zero attached hydrogens (tertiary/aromatic N) is 1. The molecule has 0 saturated heterocycles. The van der Waals surface area contributed by atoms with Gasteiger partial charge in [0.2, 0.25) is 0 Å². The number of non-ortho nitro benzene ring substituents is 1. The highest BCUT2D eigenvalue weighted by Gasteiger charge is 2.10. The lowest BCUT2D eigenvalue weighted by Gasteiger charge is -2.07. The number of nitro groups is 1. The highest BCUT2D eigenvalue weighted by Crippen LogP contribution is 2.23. The van der Waals surface area contributed by atoms with Gasteiger partial charge in [0.05, 0.1) is 16.6 Å². The zero-order valence-corrected chi connectivity index (χ0v) is 10.0. The van der Waals surface area contributed by atoms with Crippen LogP contribution in [-0.2, 0) is 0 Å². The highest BCUT2D eigenvalue weighted by molar-refractivity contribution is 5.88. The predicted molar refractivity (Wildman–Crippen MR) is 69.7 cm³/mol. The molecule has 0 aromatic heterocycles. The zero-order chi connectivity index (χ0) is 14.7. The number of rotatable bonds is 4. The van der Waals surface area contributed by atoms with Crippen molar-refractivity contribution in [2.24, 2.45) is 0 Å². The SMILES string of the molecule is O=C(O)c1ccc(Nc2cc(F)cc([N+](=O)[O-])c2)cc1. The minimum Gasteiger partial charge on any atom is -0.478 e. The van der Waals surface area contributed by atoms with Crippen LogP contribution in [0.4, 0.5) is 21.5 Å². The van der Waals surface area contributed by atoms with E-state index in [1.165, 1.54) is 30.3 Å². The number of halogens is 1. The smallest absolute Gasteiger partial charge is 0.335 e. The minimum atomic E-state index is -1.06. The van der Waals surface area contributed by atoms with Gasteiger partial charge in [-0.25, -0.2) is 9.18 Å². The Kier molecular flexibility index (Phi) is 3.60. The number of benzene rings is 2. The number of carboxylic acids is 1. The van der Waals surface area contributed by atoms with Gasteiger partial charge in [-0.3, -0.25) is 10.1 Å². The van der Waals surface area contributed by atoms with E-state index < -0.39 is 16.7 Å². The molecule has 2 rings (SSSR count). The Hall–Kier alpha value is -2.96. The molecule has 0 aliphatic rings. The number of aromatic carboxylic acids is 1. The Bertz CT molecular complexity index is 671. The molecule has 0 atom stereocenters. The molecule has 0 aliphatic heterocycles. The van der Waals surface area contributed by atoms with Gasteiger partial charge in [-0.1, -0.05) is 0 Å². The van der Waals surface area contributed by atoms with Crippen LogP contribution in [-0.4, -0.2) is 16.0 Å². The molecule has 0 aliphatic carbocycles. The summed E-state index contributed by atoms with van der Waals surface area (Å²) in [5.74, 6) is -1.79. The zero-order valence-electron chi connectivity index (χ0n) is 10.0. The molecular formula is C13H9FN2O4.